The van der Waals surface area contributed by atoms with Crippen LogP contribution in [0.15, 0.2) is 46.3 Å². The van der Waals surface area contributed by atoms with Crippen molar-refractivity contribution in [3.63, 3.8) is 0 Å². The van der Waals surface area contributed by atoms with Crippen molar-refractivity contribution < 1.29 is 0 Å². The monoisotopic (exact) mass is 379 g/mol. The van der Waals surface area contributed by atoms with Crippen LogP contribution < -0.4 is 5.32 Å². The van der Waals surface area contributed by atoms with Crippen LogP contribution in [0.25, 0.3) is 10.1 Å². The molecule has 4 heteroatoms. The number of hydrogen-bond donors (Lipinski definition) is 1. The minimum Gasteiger partial charge on any atom is -0.309 e. The fourth-order valence-corrected chi connectivity index (χ4v) is 4.60. The minimum atomic E-state index is 0.0983. The highest BCUT2D eigenvalue weighted by Gasteiger charge is 2.19. The molecule has 0 aliphatic carbocycles. The molecule has 1 aromatic heterocycles. The van der Waals surface area contributed by atoms with Gasteiger partial charge >= 0.3 is 0 Å². The van der Waals surface area contributed by atoms with E-state index in [1.54, 1.807) is 11.3 Å². The van der Waals surface area contributed by atoms with E-state index in [9.17, 15) is 0 Å². The molecule has 3 aromatic rings. The Hall–Kier alpha value is -0.870. The lowest BCUT2D eigenvalue weighted by Crippen LogP contribution is -2.17. The van der Waals surface area contributed by atoms with Crippen LogP contribution in [0, 0.1) is 6.92 Å². The molecule has 0 spiro atoms. The molecule has 0 radical (unpaired) electrons. The van der Waals surface area contributed by atoms with Crippen LogP contribution in [0.5, 0.6) is 0 Å². The van der Waals surface area contributed by atoms with Gasteiger partial charge in [0.15, 0.2) is 0 Å². The lowest BCUT2D eigenvalue weighted by atomic mass is 9.97. The standard InChI is InChI=1S/C17H15BrClNS/c1-10-6-7-12(15(19)8-10)16(20-2)13-9-21-17-11(13)4-3-5-14(17)18/h3-9,16,20H,1-2H3. The summed E-state index contributed by atoms with van der Waals surface area (Å²) in [5, 5.41) is 7.69. The number of hydrogen-bond acceptors (Lipinski definition) is 2. The van der Waals surface area contributed by atoms with E-state index in [4.69, 9.17) is 11.6 Å². The Balaban J connectivity index is 2.16. The summed E-state index contributed by atoms with van der Waals surface area (Å²) in [6.45, 7) is 2.06. The minimum absolute atomic E-state index is 0.0983. The predicted octanol–water partition coefficient (Wildman–Crippen LogP) is 5.93. The van der Waals surface area contributed by atoms with Crippen molar-refractivity contribution in [2.24, 2.45) is 0 Å². The second kappa shape index (κ2) is 6.09. The fourth-order valence-electron chi connectivity index (χ4n) is 2.61. The van der Waals surface area contributed by atoms with Gasteiger partial charge in [-0.2, -0.15) is 0 Å². The molecule has 1 atom stereocenters. The second-order valence-corrected chi connectivity index (χ2v) is 7.20. The number of fused-ring (bicyclic) bond motifs is 1. The Bertz CT molecular complexity index is 797. The van der Waals surface area contributed by atoms with Gasteiger partial charge in [-0.1, -0.05) is 35.9 Å². The third-order valence-corrected chi connectivity index (χ3v) is 5.95. The highest BCUT2D eigenvalue weighted by Crippen LogP contribution is 2.38. The first-order chi connectivity index (χ1) is 10.1. The van der Waals surface area contributed by atoms with Crippen LogP contribution in [-0.2, 0) is 0 Å². The van der Waals surface area contributed by atoms with Gasteiger partial charge in [-0.05, 0) is 69.5 Å². The van der Waals surface area contributed by atoms with Crippen LogP contribution in [0.2, 0.25) is 5.02 Å². The summed E-state index contributed by atoms with van der Waals surface area (Å²) in [6, 6.07) is 12.7. The first-order valence-corrected chi connectivity index (χ1v) is 8.76. The zero-order chi connectivity index (χ0) is 15.0. The molecule has 0 aliphatic heterocycles. The van der Waals surface area contributed by atoms with Crippen molar-refractivity contribution in [1.29, 1.82) is 0 Å². The number of thiophene rings is 1. The number of nitrogens with one attached hydrogen (secondary N) is 1. The number of aryl methyl sites for hydroxylation is 1. The number of rotatable bonds is 3. The lowest BCUT2D eigenvalue weighted by molar-refractivity contribution is 0.699. The Kier molecular flexibility index (Phi) is 4.36. The van der Waals surface area contributed by atoms with Crippen LogP contribution >= 0.6 is 38.9 Å². The van der Waals surface area contributed by atoms with Gasteiger partial charge in [-0.25, -0.2) is 0 Å². The molecule has 3 rings (SSSR count). The van der Waals surface area contributed by atoms with E-state index in [2.05, 4.69) is 63.9 Å². The van der Waals surface area contributed by atoms with Gasteiger partial charge in [-0.15, -0.1) is 11.3 Å². The molecule has 1 heterocycles. The summed E-state index contributed by atoms with van der Waals surface area (Å²) in [7, 11) is 1.97. The average Bonchev–Trinajstić information content (AvgIpc) is 2.87. The summed E-state index contributed by atoms with van der Waals surface area (Å²) >= 11 is 11.8. The molecule has 0 aliphatic rings. The molecular formula is C17H15BrClNS. The predicted molar refractivity (Wildman–Crippen MR) is 96.6 cm³/mol. The van der Waals surface area contributed by atoms with Crippen molar-refractivity contribution in [3.05, 3.63) is 68.0 Å². The Morgan fingerprint density at radius 1 is 1.19 bits per heavy atom. The van der Waals surface area contributed by atoms with Gasteiger partial charge < -0.3 is 5.32 Å². The lowest BCUT2D eigenvalue weighted by Gasteiger charge is -2.18. The fraction of sp³-hybridized carbons (Fsp3) is 0.176. The summed E-state index contributed by atoms with van der Waals surface area (Å²) < 4.78 is 2.41. The highest BCUT2D eigenvalue weighted by atomic mass is 79.9. The van der Waals surface area contributed by atoms with Gasteiger partial charge in [0.2, 0.25) is 0 Å². The molecule has 1 unspecified atom stereocenters. The number of halogens is 2. The van der Waals surface area contributed by atoms with E-state index in [0.717, 1.165) is 15.1 Å². The van der Waals surface area contributed by atoms with Crippen molar-refractivity contribution in [1.82, 2.24) is 5.32 Å². The van der Waals surface area contributed by atoms with E-state index in [-0.39, 0.29) is 6.04 Å². The Morgan fingerprint density at radius 3 is 2.71 bits per heavy atom. The third kappa shape index (κ3) is 2.76. The molecule has 2 aromatic carbocycles. The molecule has 108 valence electrons. The van der Waals surface area contributed by atoms with Crippen LogP contribution in [0.4, 0.5) is 0 Å². The molecule has 0 amide bonds. The molecule has 1 N–H and O–H groups in total. The quantitative estimate of drug-likeness (QED) is 0.593. The van der Waals surface area contributed by atoms with Crippen LogP contribution in [-0.4, -0.2) is 7.05 Å². The third-order valence-electron chi connectivity index (χ3n) is 3.65. The molecule has 0 bridgehead atoms. The van der Waals surface area contributed by atoms with E-state index in [0.29, 0.717) is 0 Å². The van der Waals surface area contributed by atoms with E-state index in [1.807, 2.05) is 13.1 Å². The molecule has 0 fully saturated rings. The largest absolute Gasteiger partial charge is 0.309 e. The first kappa shape index (κ1) is 15.0. The van der Waals surface area contributed by atoms with Crippen LogP contribution in [0.1, 0.15) is 22.7 Å². The van der Waals surface area contributed by atoms with E-state index in [1.165, 1.54) is 21.2 Å². The van der Waals surface area contributed by atoms with E-state index < -0.39 is 0 Å². The first-order valence-electron chi connectivity index (χ1n) is 6.70. The zero-order valence-electron chi connectivity index (χ0n) is 11.8. The van der Waals surface area contributed by atoms with Gasteiger partial charge in [0.1, 0.15) is 0 Å². The van der Waals surface area contributed by atoms with Gasteiger partial charge in [0.25, 0.3) is 0 Å². The van der Waals surface area contributed by atoms with Gasteiger partial charge in [-0.3, -0.25) is 0 Å². The summed E-state index contributed by atoms with van der Waals surface area (Å²) in [5.41, 5.74) is 3.56. The number of benzene rings is 2. The maximum absolute atomic E-state index is 6.46. The van der Waals surface area contributed by atoms with Crippen molar-refractivity contribution in [2.75, 3.05) is 7.05 Å². The average molecular weight is 381 g/mol. The summed E-state index contributed by atoms with van der Waals surface area (Å²) in [6.07, 6.45) is 0. The Labute approximate surface area is 142 Å². The maximum atomic E-state index is 6.46. The molecule has 0 saturated heterocycles. The summed E-state index contributed by atoms with van der Waals surface area (Å²) in [5.74, 6) is 0. The molecule has 21 heavy (non-hydrogen) atoms. The normalized spacial score (nSPS) is 12.8. The summed E-state index contributed by atoms with van der Waals surface area (Å²) in [4.78, 5) is 0. The highest BCUT2D eigenvalue weighted by molar-refractivity contribution is 9.10. The Morgan fingerprint density at radius 2 is 2.00 bits per heavy atom. The smallest absolute Gasteiger partial charge is 0.0603 e. The van der Waals surface area contributed by atoms with Gasteiger partial charge in [0, 0.05) is 14.2 Å². The SMILES string of the molecule is CNC(c1ccc(C)cc1Cl)c1csc2c(Br)cccc12. The van der Waals surface area contributed by atoms with Crippen molar-refractivity contribution in [2.45, 2.75) is 13.0 Å². The van der Waals surface area contributed by atoms with E-state index >= 15 is 0 Å². The van der Waals surface area contributed by atoms with Crippen molar-refractivity contribution >= 4 is 49.0 Å². The zero-order valence-corrected chi connectivity index (χ0v) is 14.9. The van der Waals surface area contributed by atoms with Crippen molar-refractivity contribution in [3.8, 4) is 0 Å². The molecule has 0 saturated carbocycles. The molecular weight excluding hydrogens is 366 g/mol. The van der Waals surface area contributed by atoms with Crippen LogP contribution in [0.3, 0.4) is 0 Å². The maximum Gasteiger partial charge on any atom is 0.0603 e. The molecule has 1 nitrogen and oxygen atoms in total. The topological polar surface area (TPSA) is 12.0 Å². The van der Waals surface area contributed by atoms with Gasteiger partial charge in [0.05, 0.1) is 6.04 Å². The second-order valence-electron chi connectivity index (χ2n) is 5.05.